The van der Waals surface area contributed by atoms with Crippen molar-refractivity contribution in [2.24, 2.45) is 11.1 Å². The van der Waals surface area contributed by atoms with Gasteiger partial charge in [0, 0.05) is 10.5 Å². The van der Waals surface area contributed by atoms with Crippen molar-refractivity contribution in [2.75, 3.05) is 0 Å². The standard InChI is InChI=1S/C12H18BrN.ClH/c1-8-5-6-9(10(13)7-8)11(14)12(2,3)4;/h5-7,11H,14H2,1-4H3;1H/t11-;/m0./s1. The molecule has 0 spiro atoms. The lowest BCUT2D eigenvalue weighted by Gasteiger charge is -2.28. The molecule has 0 fully saturated rings. The number of benzene rings is 1. The Bertz CT molecular complexity index is 331. The van der Waals surface area contributed by atoms with Gasteiger partial charge in [-0.3, -0.25) is 0 Å². The molecule has 1 nitrogen and oxygen atoms in total. The highest BCUT2D eigenvalue weighted by atomic mass is 79.9. The first-order valence-corrected chi connectivity index (χ1v) is 5.63. The van der Waals surface area contributed by atoms with E-state index in [9.17, 15) is 0 Å². The number of aryl methyl sites for hydroxylation is 1. The van der Waals surface area contributed by atoms with Gasteiger partial charge in [0.2, 0.25) is 0 Å². The molecule has 86 valence electrons. The minimum atomic E-state index is 0. The Balaban J connectivity index is 0.00000196. The van der Waals surface area contributed by atoms with Gasteiger partial charge < -0.3 is 5.73 Å². The van der Waals surface area contributed by atoms with E-state index in [2.05, 4.69) is 61.8 Å². The van der Waals surface area contributed by atoms with Crippen LogP contribution < -0.4 is 5.73 Å². The molecular weight excluding hydrogens is 273 g/mol. The number of nitrogens with two attached hydrogens (primary N) is 1. The minimum absolute atomic E-state index is 0. The van der Waals surface area contributed by atoms with Gasteiger partial charge in [-0.1, -0.05) is 48.8 Å². The van der Waals surface area contributed by atoms with Gasteiger partial charge >= 0.3 is 0 Å². The molecule has 15 heavy (non-hydrogen) atoms. The Hall–Kier alpha value is -0.0500. The molecule has 0 saturated heterocycles. The molecule has 1 aromatic rings. The van der Waals surface area contributed by atoms with Crippen LogP contribution in [-0.2, 0) is 0 Å². The highest BCUT2D eigenvalue weighted by Gasteiger charge is 2.23. The van der Waals surface area contributed by atoms with Crippen LogP contribution in [0.5, 0.6) is 0 Å². The van der Waals surface area contributed by atoms with E-state index in [1.807, 2.05) is 0 Å². The summed E-state index contributed by atoms with van der Waals surface area (Å²) in [5.74, 6) is 0. The van der Waals surface area contributed by atoms with Crippen LogP contribution in [0, 0.1) is 12.3 Å². The van der Waals surface area contributed by atoms with Crippen LogP contribution in [0.1, 0.15) is 37.9 Å². The molecule has 0 bridgehead atoms. The van der Waals surface area contributed by atoms with Crippen LogP contribution in [0.3, 0.4) is 0 Å². The Morgan fingerprint density at radius 2 is 1.80 bits per heavy atom. The fraction of sp³-hybridized carbons (Fsp3) is 0.500. The highest BCUT2D eigenvalue weighted by molar-refractivity contribution is 9.10. The van der Waals surface area contributed by atoms with Gasteiger partial charge in [-0.15, -0.1) is 12.4 Å². The lowest BCUT2D eigenvalue weighted by Crippen LogP contribution is -2.26. The zero-order valence-corrected chi connectivity index (χ0v) is 12.1. The lowest BCUT2D eigenvalue weighted by molar-refractivity contribution is 0.326. The summed E-state index contributed by atoms with van der Waals surface area (Å²) in [6.45, 7) is 8.55. The van der Waals surface area contributed by atoms with Crippen LogP contribution in [0.15, 0.2) is 22.7 Å². The average molecular weight is 293 g/mol. The van der Waals surface area contributed by atoms with Gasteiger partial charge in [0.15, 0.2) is 0 Å². The molecule has 0 aliphatic heterocycles. The Morgan fingerprint density at radius 3 is 2.20 bits per heavy atom. The molecule has 0 unspecified atom stereocenters. The summed E-state index contributed by atoms with van der Waals surface area (Å²) >= 11 is 3.56. The fourth-order valence-electron chi connectivity index (χ4n) is 1.35. The van der Waals surface area contributed by atoms with Gasteiger partial charge in [0.1, 0.15) is 0 Å². The SMILES string of the molecule is Cc1ccc([C@H](N)C(C)(C)C)c(Br)c1.Cl. The van der Waals surface area contributed by atoms with E-state index >= 15 is 0 Å². The third kappa shape index (κ3) is 3.78. The van der Waals surface area contributed by atoms with E-state index in [0.29, 0.717) is 0 Å². The zero-order valence-electron chi connectivity index (χ0n) is 9.67. The minimum Gasteiger partial charge on any atom is -0.323 e. The number of halogens is 2. The van der Waals surface area contributed by atoms with Crippen molar-refractivity contribution in [3.63, 3.8) is 0 Å². The second-order valence-electron chi connectivity index (χ2n) is 4.87. The molecule has 0 aliphatic carbocycles. The molecule has 1 atom stereocenters. The van der Waals surface area contributed by atoms with Crippen molar-refractivity contribution >= 4 is 28.3 Å². The third-order valence-corrected chi connectivity index (χ3v) is 3.11. The maximum Gasteiger partial charge on any atom is 0.0355 e. The summed E-state index contributed by atoms with van der Waals surface area (Å²) in [5.41, 5.74) is 8.72. The van der Waals surface area contributed by atoms with Gasteiger partial charge in [-0.2, -0.15) is 0 Å². The molecule has 0 radical (unpaired) electrons. The van der Waals surface area contributed by atoms with Crippen LogP contribution in [0.4, 0.5) is 0 Å². The van der Waals surface area contributed by atoms with Crippen molar-refractivity contribution in [1.82, 2.24) is 0 Å². The van der Waals surface area contributed by atoms with Crippen molar-refractivity contribution in [3.8, 4) is 0 Å². The lowest BCUT2D eigenvalue weighted by atomic mass is 9.83. The molecule has 3 heteroatoms. The summed E-state index contributed by atoms with van der Waals surface area (Å²) in [4.78, 5) is 0. The molecule has 2 N–H and O–H groups in total. The molecular formula is C12H19BrClN. The van der Waals surface area contributed by atoms with Crippen molar-refractivity contribution in [3.05, 3.63) is 33.8 Å². The van der Waals surface area contributed by atoms with Gasteiger partial charge in [-0.25, -0.2) is 0 Å². The Morgan fingerprint density at radius 1 is 1.27 bits per heavy atom. The molecule has 0 aliphatic rings. The molecule has 0 saturated carbocycles. The second-order valence-corrected chi connectivity index (χ2v) is 5.72. The third-order valence-electron chi connectivity index (χ3n) is 2.42. The average Bonchev–Trinajstić information content (AvgIpc) is 2.01. The molecule has 0 amide bonds. The monoisotopic (exact) mass is 291 g/mol. The zero-order chi connectivity index (χ0) is 10.9. The van der Waals surface area contributed by atoms with E-state index in [1.165, 1.54) is 11.1 Å². The van der Waals surface area contributed by atoms with Crippen LogP contribution in [0.2, 0.25) is 0 Å². The number of hydrogen-bond acceptors (Lipinski definition) is 1. The van der Waals surface area contributed by atoms with Crippen LogP contribution in [0.25, 0.3) is 0 Å². The summed E-state index contributed by atoms with van der Waals surface area (Å²) in [5, 5.41) is 0. The Kier molecular flexibility index (Phi) is 5.31. The summed E-state index contributed by atoms with van der Waals surface area (Å²) in [6.07, 6.45) is 0. The number of hydrogen-bond donors (Lipinski definition) is 1. The number of rotatable bonds is 1. The van der Waals surface area contributed by atoms with Crippen molar-refractivity contribution in [2.45, 2.75) is 33.7 Å². The van der Waals surface area contributed by atoms with Gasteiger partial charge in [0.05, 0.1) is 0 Å². The van der Waals surface area contributed by atoms with Crippen LogP contribution >= 0.6 is 28.3 Å². The van der Waals surface area contributed by atoms with E-state index in [1.54, 1.807) is 0 Å². The topological polar surface area (TPSA) is 26.0 Å². The molecule has 0 aromatic heterocycles. The van der Waals surface area contributed by atoms with Gasteiger partial charge in [0.25, 0.3) is 0 Å². The van der Waals surface area contributed by atoms with E-state index in [-0.39, 0.29) is 23.9 Å². The predicted octanol–water partition coefficient (Wildman–Crippen LogP) is 4.23. The quantitative estimate of drug-likeness (QED) is 0.824. The maximum absolute atomic E-state index is 6.19. The molecule has 1 rings (SSSR count). The van der Waals surface area contributed by atoms with Gasteiger partial charge in [-0.05, 0) is 29.5 Å². The summed E-state index contributed by atoms with van der Waals surface area (Å²) in [6, 6.07) is 6.39. The molecule has 1 aromatic carbocycles. The predicted molar refractivity (Wildman–Crippen MR) is 72.5 cm³/mol. The first-order chi connectivity index (χ1) is 6.32. The maximum atomic E-state index is 6.19. The second kappa shape index (κ2) is 5.33. The normalized spacial score (nSPS) is 13.2. The van der Waals surface area contributed by atoms with E-state index in [4.69, 9.17) is 5.73 Å². The first kappa shape index (κ1) is 14.9. The highest BCUT2D eigenvalue weighted by Crippen LogP contribution is 2.34. The van der Waals surface area contributed by atoms with E-state index < -0.39 is 0 Å². The molecule has 0 heterocycles. The summed E-state index contributed by atoms with van der Waals surface area (Å²) in [7, 11) is 0. The summed E-state index contributed by atoms with van der Waals surface area (Å²) < 4.78 is 1.11. The van der Waals surface area contributed by atoms with Crippen molar-refractivity contribution in [1.29, 1.82) is 0 Å². The largest absolute Gasteiger partial charge is 0.323 e. The van der Waals surface area contributed by atoms with Crippen LogP contribution in [-0.4, -0.2) is 0 Å². The fourth-order valence-corrected chi connectivity index (χ4v) is 2.09. The van der Waals surface area contributed by atoms with E-state index in [0.717, 1.165) is 4.47 Å². The van der Waals surface area contributed by atoms with Crippen molar-refractivity contribution < 1.29 is 0 Å². The Labute approximate surface area is 107 Å². The first-order valence-electron chi connectivity index (χ1n) is 4.84. The smallest absolute Gasteiger partial charge is 0.0355 e.